The standard InChI is InChI=1S/C10H18FNO/c11-5-2-7-12-6-1-3-10-9(12)4-8-13-10/h9-10H,1-8H2/t9-,10-/m1/s1. The van der Waals surface area contributed by atoms with Crippen LogP contribution >= 0.6 is 0 Å². The van der Waals surface area contributed by atoms with Gasteiger partial charge in [-0.25, -0.2) is 0 Å². The van der Waals surface area contributed by atoms with E-state index in [9.17, 15) is 4.39 Å². The van der Waals surface area contributed by atoms with Crippen LogP contribution in [0.25, 0.3) is 0 Å². The van der Waals surface area contributed by atoms with Crippen LogP contribution in [0.2, 0.25) is 0 Å². The highest BCUT2D eigenvalue weighted by molar-refractivity contribution is 4.88. The lowest BCUT2D eigenvalue weighted by atomic mass is 9.98. The summed E-state index contributed by atoms with van der Waals surface area (Å²) in [5, 5.41) is 0. The first-order chi connectivity index (χ1) is 6.42. The van der Waals surface area contributed by atoms with E-state index in [0.717, 1.165) is 26.1 Å². The molecule has 2 heterocycles. The number of fused-ring (bicyclic) bond motifs is 1. The van der Waals surface area contributed by atoms with Gasteiger partial charge in [0.1, 0.15) is 0 Å². The van der Waals surface area contributed by atoms with Crippen molar-refractivity contribution in [3.63, 3.8) is 0 Å². The lowest BCUT2D eigenvalue weighted by Crippen LogP contribution is -2.46. The Morgan fingerprint density at radius 2 is 2.31 bits per heavy atom. The van der Waals surface area contributed by atoms with E-state index in [1.807, 2.05) is 0 Å². The van der Waals surface area contributed by atoms with E-state index in [4.69, 9.17) is 4.74 Å². The van der Waals surface area contributed by atoms with Crippen molar-refractivity contribution in [2.24, 2.45) is 0 Å². The molecule has 2 aliphatic rings. The van der Waals surface area contributed by atoms with Gasteiger partial charge >= 0.3 is 0 Å². The summed E-state index contributed by atoms with van der Waals surface area (Å²) in [6, 6.07) is 0.597. The van der Waals surface area contributed by atoms with E-state index in [2.05, 4.69) is 4.90 Å². The van der Waals surface area contributed by atoms with Gasteiger partial charge in [-0.1, -0.05) is 0 Å². The van der Waals surface area contributed by atoms with Gasteiger partial charge in [0.05, 0.1) is 12.8 Å². The first kappa shape index (κ1) is 9.41. The topological polar surface area (TPSA) is 12.5 Å². The van der Waals surface area contributed by atoms with Crippen LogP contribution in [0.1, 0.15) is 25.7 Å². The molecule has 0 saturated carbocycles. The van der Waals surface area contributed by atoms with E-state index in [1.54, 1.807) is 0 Å². The molecular weight excluding hydrogens is 169 g/mol. The van der Waals surface area contributed by atoms with Crippen molar-refractivity contribution in [1.29, 1.82) is 0 Å². The molecule has 2 rings (SSSR count). The Morgan fingerprint density at radius 3 is 3.15 bits per heavy atom. The van der Waals surface area contributed by atoms with Crippen molar-refractivity contribution in [3.05, 3.63) is 0 Å². The Kier molecular flexibility index (Phi) is 3.17. The number of nitrogens with zero attached hydrogens (tertiary/aromatic N) is 1. The lowest BCUT2D eigenvalue weighted by molar-refractivity contribution is 0.0255. The summed E-state index contributed by atoms with van der Waals surface area (Å²) in [6.45, 7) is 2.78. The quantitative estimate of drug-likeness (QED) is 0.665. The molecule has 0 aromatic heterocycles. The Bertz CT molecular complexity index is 165. The van der Waals surface area contributed by atoms with Crippen LogP contribution < -0.4 is 0 Å². The fourth-order valence-electron chi connectivity index (χ4n) is 2.53. The van der Waals surface area contributed by atoms with Crippen LogP contribution in [0.3, 0.4) is 0 Å². The highest BCUT2D eigenvalue weighted by Gasteiger charge is 2.35. The van der Waals surface area contributed by atoms with E-state index < -0.39 is 0 Å². The van der Waals surface area contributed by atoms with Crippen LogP contribution in [0.4, 0.5) is 4.39 Å². The number of ether oxygens (including phenoxy) is 1. The number of piperidine rings is 1. The van der Waals surface area contributed by atoms with Gasteiger partial charge in [-0.2, -0.15) is 0 Å². The maximum atomic E-state index is 12.0. The highest BCUT2D eigenvalue weighted by Crippen LogP contribution is 2.27. The fraction of sp³-hybridized carbons (Fsp3) is 1.00. The molecule has 2 nitrogen and oxygen atoms in total. The predicted molar refractivity (Wildman–Crippen MR) is 49.5 cm³/mol. The summed E-state index contributed by atoms with van der Waals surface area (Å²) < 4.78 is 17.7. The van der Waals surface area contributed by atoms with Gasteiger partial charge in [-0.05, 0) is 32.2 Å². The number of hydrogen-bond donors (Lipinski definition) is 0. The molecule has 0 N–H and O–H groups in total. The second kappa shape index (κ2) is 4.38. The van der Waals surface area contributed by atoms with E-state index >= 15 is 0 Å². The third-order valence-corrected chi connectivity index (χ3v) is 3.16. The van der Waals surface area contributed by atoms with Crippen molar-refractivity contribution in [3.8, 4) is 0 Å². The van der Waals surface area contributed by atoms with Crippen molar-refractivity contribution in [2.75, 3.05) is 26.4 Å². The molecule has 0 spiro atoms. The monoisotopic (exact) mass is 187 g/mol. The van der Waals surface area contributed by atoms with Gasteiger partial charge in [0.15, 0.2) is 0 Å². The predicted octanol–water partition coefficient (Wildman–Crippen LogP) is 1.60. The average Bonchev–Trinajstić information content (AvgIpc) is 2.62. The maximum Gasteiger partial charge on any atom is 0.0906 e. The molecule has 3 heteroatoms. The SMILES string of the molecule is FCCCN1CCC[C@H]2OCC[C@H]21. The zero-order valence-corrected chi connectivity index (χ0v) is 8.04. The Balaban J connectivity index is 1.86. The number of alkyl halides is 1. The molecule has 13 heavy (non-hydrogen) atoms. The van der Waals surface area contributed by atoms with Crippen molar-refractivity contribution < 1.29 is 9.13 Å². The minimum Gasteiger partial charge on any atom is -0.377 e. The van der Waals surface area contributed by atoms with Gasteiger partial charge in [-0.15, -0.1) is 0 Å². The molecule has 0 unspecified atom stereocenters. The largest absolute Gasteiger partial charge is 0.377 e. The summed E-state index contributed by atoms with van der Waals surface area (Å²) in [5.41, 5.74) is 0. The minimum atomic E-state index is -0.186. The van der Waals surface area contributed by atoms with Crippen molar-refractivity contribution in [2.45, 2.75) is 37.8 Å². The number of likely N-dealkylation sites (tertiary alicyclic amines) is 1. The Morgan fingerprint density at radius 1 is 1.38 bits per heavy atom. The first-order valence-electron chi connectivity index (χ1n) is 5.33. The molecular formula is C10H18FNO. The Hall–Kier alpha value is -0.150. The summed E-state index contributed by atoms with van der Waals surface area (Å²) >= 11 is 0. The summed E-state index contributed by atoms with van der Waals surface area (Å²) in [4.78, 5) is 2.42. The smallest absolute Gasteiger partial charge is 0.0906 e. The molecule has 0 aromatic carbocycles. The molecule has 0 aromatic rings. The molecule has 2 atom stereocenters. The molecule has 0 aliphatic carbocycles. The molecule has 0 amide bonds. The fourth-order valence-corrected chi connectivity index (χ4v) is 2.53. The summed E-state index contributed by atoms with van der Waals surface area (Å²) in [6.07, 6.45) is 4.71. The van der Waals surface area contributed by atoms with Crippen molar-refractivity contribution >= 4 is 0 Å². The molecule has 76 valence electrons. The summed E-state index contributed by atoms with van der Waals surface area (Å²) in [7, 11) is 0. The van der Waals surface area contributed by atoms with Crippen LogP contribution in [-0.4, -0.2) is 43.4 Å². The molecule has 2 fully saturated rings. The second-order valence-corrected chi connectivity index (χ2v) is 3.99. The molecule has 0 bridgehead atoms. The maximum absolute atomic E-state index is 12.0. The molecule has 2 aliphatic heterocycles. The van der Waals surface area contributed by atoms with Gasteiger partial charge in [0.2, 0.25) is 0 Å². The van der Waals surface area contributed by atoms with Crippen LogP contribution in [0.5, 0.6) is 0 Å². The number of hydrogen-bond acceptors (Lipinski definition) is 2. The van der Waals surface area contributed by atoms with Gasteiger partial charge in [0, 0.05) is 19.2 Å². The van der Waals surface area contributed by atoms with Gasteiger partial charge < -0.3 is 4.74 Å². The average molecular weight is 187 g/mol. The zero-order chi connectivity index (χ0) is 9.10. The van der Waals surface area contributed by atoms with Crippen LogP contribution in [0, 0.1) is 0 Å². The van der Waals surface area contributed by atoms with Gasteiger partial charge in [0.25, 0.3) is 0 Å². The lowest BCUT2D eigenvalue weighted by Gasteiger charge is -2.36. The third-order valence-electron chi connectivity index (χ3n) is 3.16. The third kappa shape index (κ3) is 2.02. The minimum absolute atomic E-state index is 0.186. The first-order valence-corrected chi connectivity index (χ1v) is 5.33. The highest BCUT2D eigenvalue weighted by atomic mass is 19.1. The van der Waals surface area contributed by atoms with Crippen LogP contribution in [-0.2, 0) is 4.74 Å². The van der Waals surface area contributed by atoms with E-state index in [1.165, 1.54) is 12.8 Å². The van der Waals surface area contributed by atoms with E-state index in [0.29, 0.717) is 18.6 Å². The molecule has 0 radical (unpaired) electrons. The zero-order valence-electron chi connectivity index (χ0n) is 8.04. The molecule has 2 saturated heterocycles. The summed E-state index contributed by atoms with van der Waals surface area (Å²) in [5.74, 6) is 0. The van der Waals surface area contributed by atoms with Crippen LogP contribution in [0.15, 0.2) is 0 Å². The Labute approximate surface area is 79.1 Å². The van der Waals surface area contributed by atoms with E-state index in [-0.39, 0.29) is 6.67 Å². The normalized spacial score (nSPS) is 34.8. The van der Waals surface area contributed by atoms with Gasteiger partial charge in [-0.3, -0.25) is 9.29 Å². The van der Waals surface area contributed by atoms with Crippen molar-refractivity contribution in [1.82, 2.24) is 4.90 Å². The number of rotatable bonds is 3. The number of halogens is 1. The second-order valence-electron chi connectivity index (χ2n) is 3.99.